The Kier molecular flexibility index (Phi) is 5.76. The number of halogens is 1. The van der Waals surface area contributed by atoms with E-state index in [-0.39, 0.29) is 18.3 Å². The third-order valence-corrected chi connectivity index (χ3v) is 3.10. The van der Waals surface area contributed by atoms with Gasteiger partial charge in [-0.15, -0.1) is 0 Å². The summed E-state index contributed by atoms with van der Waals surface area (Å²) in [5.41, 5.74) is 2.01. The number of anilines is 1. The number of amides is 1. The number of hydrogen-bond donors (Lipinski definition) is 2. The number of carbonyl (C=O) groups is 1. The van der Waals surface area contributed by atoms with Gasteiger partial charge < -0.3 is 10.6 Å². The van der Waals surface area contributed by atoms with Crippen molar-refractivity contribution in [3.63, 3.8) is 0 Å². The lowest BCUT2D eigenvalue weighted by Gasteiger charge is -2.08. The van der Waals surface area contributed by atoms with Crippen molar-refractivity contribution in [3.05, 3.63) is 66.0 Å². The molecule has 0 atom stereocenters. The lowest BCUT2D eigenvalue weighted by Crippen LogP contribution is -2.30. The molecule has 0 aliphatic heterocycles. The van der Waals surface area contributed by atoms with E-state index < -0.39 is 0 Å². The molecule has 0 saturated heterocycles. The third kappa shape index (κ3) is 5.65. The molecule has 0 radical (unpaired) electrons. The number of rotatable bonds is 7. The van der Waals surface area contributed by atoms with Gasteiger partial charge in [-0.05, 0) is 42.7 Å². The monoisotopic (exact) mass is 286 g/mol. The highest BCUT2D eigenvalue weighted by Crippen LogP contribution is 2.07. The van der Waals surface area contributed by atoms with Gasteiger partial charge >= 0.3 is 0 Å². The van der Waals surface area contributed by atoms with Crippen LogP contribution in [0.4, 0.5) is 10.1 Å². The fourth-order valence-corrected chi connectivity index (χ4v) is 1.98. The van der Waals surface area contributed by atoms with E-state index in [9.17, 15) is 9.18 Å². The Morgan fingerprint density at radius 3 is 2.43 bits per heavy atom. The second-order valence-corrected chi connectivity index (χ2v) is 4.80. The predicted molar refractivity (Wildman–Crippen MR) is 82.7 cm³/mol. The van der Waals surface area contributed by atoms with Crippen molar-refractivity contribution in [2.45, 2.75) is 12.8 Å². The van der Waals surface area contributed by atoms with Crippen LogP contribution in [-0.2, 0) is 11.2 Å². The van der Waals surface area contributed by atoms with Crippen molar-refractivity contribution in [3.8, 4) is 0 Å². The zero-order valence-corrected chi connectivity index (χ0v) is 11.8. The lowest BCUT2D eigenvalue weighted by molar-refractivity contribution is -0.119. The minimum absolute atomic E-state index is 0.0626. The molecule has 4 heteroatoms. The van der Waals surface area contributed by atoms with Crippen LogP contribution >= 0.6 is 0 Å². The van der Waals surface area contributed by atoms with E-state index in [4.69, 9.17) is 0 Å². The van der Waals surface area contributed by atoms with Crippen molar-refractivity contribution in [2.75, 3.05) is 18.4 Å². The molecule has 0 saturated carbocycles. The smallest absolute Gasteiger partial charge is 0.239 e. The maximum absolute atomic E-state index is 12.7. The topological polar surface area (TPSA) is 41.1 Å². The normalized spacial score (nSPS) is 10.1. The zero-order valence-electron chi connectivity index (χ0n) is 11.8. The van der Waals surface area contributed by atoms with Gasteiger partial charge in [-0.2, -0.15) is 0 Å². The average Bonchev–Trinajstić information content (AvgIpc) is 2.52. The van der Waals surface area contributed by atoms with Gasteiger partial charge in [0.05, 0.1) is 6.54 Å². The van der Waals surface area contributed by atoms with Crippen LogP contribution in [-0.4, -0.2) is 19.0 Å². The summed E-state index contributed by atoms with van der Waals surface area (Å²) in [6.45, 7) is 0.843. The first-order chi connectivity index (χ1) is 10.2. The number of carbonyl (C=O) groups excluding carboxylic acids is 1. The minimum Gasteiger partial charge on any atom is -0.376 e. The fourth-order valence-electron chi connectivity index (χ4n) is 1.98. The number of aryl methyl sites for hydroxylation is 1. The number of benzene rings is 2. The predicted octanol–water partition coefficient (Wildman–Crippen LogP) is 2.99. The summed E-state index contributed by atoms with van der Waals surface area (Å²) >= 11 is 0. The first-order valence-electron chi connectivity index (χ1n) is 7.04. The van der Waals surface area contributed by atoms with Crippen LogP contribution in [0.2, 0.25) is 0 Å². The van der Waals surface area contributed by atoms with Crippen LogP contribution in [0, 0.1) is 5.82 Å². The van der Waals surface area contributed by atoms with E-state index in [2.05, 4.69) is 22.8 Å². The summed E-state index contributed by atoms with van der Waals surface area (Å²) in [5, 5.41) is 5.81. The molecule has 0 aliphatic carbocycles. The Morgan fingerprint density at radius 1 is 1.00 bits per heavy atom. The standard InChI is InChI=1S/C17H19FN2O/c18-15-8-10-16(11-9-15)20-13-17(21)19-12-4-7-14-5-2-1-3-6-14/h1-3,5-6,8-11,20H,4,7,12-13H2,(H,19,21). The van der Waals surface area contributed by atoms with E-state index >= 15 is 0 Å². The molecule has 1 amide bonds. The van der Waals surface area contributed by atoms with Crippen molar-refractivity contribution in [2.24, 2.45) is 0 Å². The summed E-state index contributed by atoms with van der Waals surface area (Å²) in [4.78, 5) is 11.6. The molecule has 2 aromatic carbocycles. The molecule has 110 valence electrons. The first-order valence-corrected chi connectivity index (χ1v) is 7.04. The lowest BCUT2D eigenvalue weighted by atomic mass is 10.1. The Hall–Kier alpha value is -2.36. The van der Waals surface area contributed by atoms with Crippen LogP contribution in [0.3, 0.4) is 0 Å². The van der Waals surface area contributed by atoms with Gasteiger partial charge in [-0.25, -0.2) is 4.39 Å². The van der Waals surface area contributed by atoms with Crippen LogP contribution < -0.4 is 10.6 Å². The van der Waals surface area contributed by atoms with Crippen molar-refractivity contribution in [1.29, 1.82) is 0 Å². The Morgan fingerprint density at radius 2 is 1.71 bits per heavy atom. The van der Waals surface area contributed by atoms with Gasteiger partial charge in [0.1, 0.15) is 5.82 Å². The highest BCUT2D eigenvalue weighted by atomic mass is 19.1. The SMILES string of the molecule is O=C(CNc1ccc(F)cc1)NCCCc1ccccc1. The van der Waals surface area contributed by atoms with Crippen LogP contribution in [0.25, 0.3) is 0 Å². The van der Waals surface area contributed by atoms with Crippen LogP contribution in [0.15, 0.2) is 54.6 Å². The average molecular weight is 286 g/mol. The second kappa shape index (κ2) is 8.04. The molecule has 0 bridgehead atoms. The van der Waals surface area contributed by atoms with Gasteiger partial charge in [0, 0.05) is 12.2 Å². The molecule has 2 N–H and O–H groups in total. The van der Waals surface area contributed by atoms with Crippen molar-refractivity contribution >= 4 is 11.6 Å². The molecule has 0 aliphatic rings. The molecule has 2 aromatic rings. The fraction of sp³-hybridized carbons (Fsp3) is 0.235. The number of nitrogens with one attached hydrogen (secondary N) is 2. The van der Waals surface area contributed by atoms with Gasteiger partial charge in [0.2, 0.25) is 5.91 Å². The molecule has 0 aromatic heterocycles. The molecule has 2 rings (SSSR count). The largest absolute Gasteiger partial charge is 0.376 e. The maximum atomic E-state index is 12.7. The third-order valence-electron chi connectivity index (χ3n) is 3.10. The van der Waals surface area contributed by atoms with E-state index in [1.807, 2.05) is 18.2 Å². The minimum atomic E-state index is -0.286. The molecule has 0 heterocycles. The second-order valence-electron chi connectivity index (χ2n) is 4.80. The molecular formula is C17H19FN2O. The molecule has 3 nitrogen and oxygen atoms in total. The summed E-state index contributed by atoms with van der Waals surface area (Å²) in [6.07, 6.45) is 1.86. The Bertz CT molecular complexity index is 555. The van der Waals surface area contributed by atoms with Gasteiger partial charge in [0.25, 0.3) is 0 Å². The highest BCUT2D eigenvalue weighted by molar-refractivity contribution is 5.80. The maximum Gasteiger partial charge on any atom is 0.239 e. The van der Waals surface area contributed by atoms with E-state index in [0.29, 0.717) is 6.54 Å². The van der Waals surface area contributed by atoms with Gasteiger partial charge in [-0.1, -0.05) is 30.3 Å². The van der Waals surface area contributed by atoms with Crippen molar-refractivity contribution in [1.82, 2.24) is 5.32 Å². The molecule has 0 fully saturated rings. The highest BCUT2D eigenvalue weighted by Gasteiger charge is 2.01. The number of hydrogen-bond acceptors (Lipinski definition) is 2. The van der Waals surface area contributed by atoms with Gasteiger partial charge in [0.15, 0.2) is 0 Å². The zero-order chi connectivity index (χ0) is 14.9. The summed E-state index contributed by atoms with van der Waals surface area (Å²) in [5.74, 6) is -0.349. The molecular weight excluding hydrogens is 267 g/mol. The summed E-state index contributed by atoms with van der Waals surface area (Å²) in [7, 11) is 0. The summed E-state index contributed by atoms with van der Waals surface area (Å²) < 4.78 is 12.7. The quantitative estimate of drug-likeness (QED) is 0.768. The molecule has 0 unspecified atom stereocenters. The van der Waals surface area contributed by atoms with E-state index in [1.54, 1.807) is 12.1 Å². The van der Waals surface area contributed by atoms with E-state index in [0.717, 1.165) is 18.5 Å². The van der Waals surface area contributed by atoms with Gasteiger partial charge in [-0.3, -0.25) is 4.79 Å². The molecule has 0 spiro atoms. The van der Waals surface area contributed by atoms with Crippen LogP contribution in [0.1, 0.15) is 12.0 Å². The molecule has 21 heavy (non-hydrogen) atoms. The Labute approximate surface area is 124 Å². The summed E-state index contributed by atoms with van der Waals surface area (Å²) in [6, 6.07) is 16.1. The van der Waals surface area contributed by atoms with Crippen molar-refractivity contribution < 1.29 is 9.18 Å². The van der Waals surface area contributed by atoms with Crippen LogP contribution in [0.5, 0.6) is 0 Å². The first kappa shape index (κ1) is 15.0. The van der Waals surface area contributed by atoms with E-state index in [1.165, 1.54) is 17.7 Å². The Balaban J connectivity index is 1.60.